The zero-order valence-electron chi connectivity index (χ0n) is 21.8. The number of methoxy groups -OCH3 is 1. The lowest BCUT2D eigenvalue weighted by molar-refractivity contribution is -0.135. The number of hydrogen-bond donors (Lipinski definition) is 0. The largest absolute Gasteiger partial charge is 0.497 e. The van der Waals surface area contributed by atoms with Crippen LogP contribution in [0, 0.1) is 12.7 Å². The van der Waals surface area contributed by atoms with E-state index in [-0.39, 0.29) is 12.2 Å². The standard InChI is InChI=1S/C29H25FN6O4/c1-17-6-8-18(9-7-17)23-15-24(19-10-12-22(40-2)13-11-19)36(32-23)25(37)16-34-27-26(31-33-34)28(38)35(29(27)39)21-5-3-4-20(30)14-21/h3-14,24,26-27H,15-16H2,1-2H3/t24-,26-,27-/m0/s1. The topological polar surface area (TPSA) is 107 Å². The van der Waals surface area contributed by atoms with Crippen LogP contribution in [0.1, 0.15) is 29.2 Å². The Balaban J connectivity index is 1.26. The Morgan fingerprint density at radius 2 is 1.77 bits per heavy atom. The van der Waals surface area contributed by atoms with E-state index in [4.69, 9.17) is 4.74 Å². The summed E-state index contributed by atoms with van der Waals surface area (Å²) in [5, 5.41) is 15.3. The minimum atomic E-state index is -1.11. The summed E-state index contributed by atoms with van der Waals surface area (Å²) >= 11 is 0. The Kier molecular flexibility index (Phi) is 6.33. The first-order valence-corrected chi connectivity index (χ1v) is 12.8. The van der Waals surface area contributed by atoms with E-state index in [2.05, 4.69) is 15.4 Å². The van der Waals surface area contributed by atoms with Gasteiger partial charge >= 0.3 is 0 Å². The van der Waals surface area contributed by atoms with Crippen LogP contribution in [-0.4, -0.2) is 59.2 Å². The molecule has 3 heterocycles. The number of hydrazone groups is 1. The fourth-order valence-electron chi connectivity index (χ4n) is 5.18. The third-order valence-electron chi connectivity index (χ3n) is 7.27. The second kappa shape index (κ2) is 9.99. The van der Waals surface area contributed by atoms with Gasteiger partial charge in [-0.15, -0.1) is 0 Å². The molecular formula is C29H25FN6O4. The maximum atomic E-state index is 13.8. The molecule has 11 heteroatoms. The molecule has 1 fully saturated rings. The van der Waals surface area contributed by atoms with Gasteiger partial charge in [0.2, 0.25) is 0 Å². The molecule has 3 aliphatic rings. The third kappa shape index (κ3) is 4.39. The molecule has 0 unspecified atom stereocenters. The third-order valence-corrected chi connectivity index (χ3v) is 7.27. The normalized spacial score (nSPS) is 21.7. The van der Waals surface area contributed by atoms with Crippen molar-refractivity contribution in [2.24, 2.45) is 15.4 Å². The first-order valence-electron chi connectivity index (χ1n) is 12.8. The van der Waals surface area contributed by atoms with Crippen molar-refractivity contribution in [3.05, 3.63) is 95.3 Å². The highest BCUT2D eigenvalue weighted by atomic mass is 19.1. The lowest BCUT2D eigenvalue weighted by Crippen LogP contribution is -2.44. The van der Waals surface area contributed by atoms with Crippen molar-refractivity contribution >= 4 is 29.1 Å². The van der Waals surface area contributed by atoms with Gasteiger partial charge in [-0.25, -0.2) is 14.3 Å². The summed E-state index contributed by atoms with van der Waals surface area (Å²) in [5.41, 5.74) is 3.74. The Morgan fingerprint density at radius 3 is 2.48 bits per heavy atom. The number of ether oxygens (including phenoxy) is 1. The van der Waals surface area contributed by atoms with Crippen LogP contribution in [0.15, 0.2) is 88.2 Å². The maximum Gasteiger partial charge on any atom is 0.264 e. The molecule has 0 radical (unpaired) electrons. The Hall–Kier alpha value is -4.93. The van der Waals surface area contributed by atoms with E-state index in [0.717, 1.165) is 33.4 Å². The Bertz CT molecular complexity index is 1560. The zero-order chi connectivity index (χ0) is 28.0. The summed E-state index contributed by atoms with van der Waals surface area (Å²) in [6.45, 7) is 1.68. The van der Waals surface area contributed by atoms with Gasteiger partial charge in [-0.2, -0.15) is 10.2 Å². The smallest absolute Gasteiger partial charge is 0.264 e. The predicted molar refractivity (Wildman–Crippen MR) is 143 cm³/mol. The molecule has 0 aliphatic carbocycles. The van der Waals surface area contributed by atoms with Gasteiger partial charge < -0.3 is 4.74 Å². The molecule has 6 rings (SSSR count). The van der Waals surface area contributed by atoms with Gasteiger partial charge in [0.15, 0.2) is 12.1 Å². The molecule has 10 nitrogen and oxygen atoms in total. The van der Waals surface area contributed by atoms with Crippen molar-refractivity contribution in [2.75, 3.05) is 18.6 Å². The van der Waals surface area contributed by atoms with Crippen molar-refractivity contribution < 1.29 is 23.5 Å². The van der Waals surface area contributed by atoms with Crippen LogP contribution < -0.4 is 9.64 Å². The SMILES string of the molecule is COc1ccc([C@@H]2CC(c3ccc(C)cc3)=NN2C(=O)CN2N=N[C@@H]3C(=O)N(c4cccc(F)c4)C(=O)[C@H]32)cc1. The fraction of sp³-hybridized carbons (Fsp3) is 0.241. The molecule has 40 heavy (non-hydrogen) atoms. The van der Waals surface area contributed by atoms with Gasteiger partial charge in [-0.05, 0) is 48.4 Å². The number of anilines is 1. The summed E-state index contributed by atoms with van der Waals surface area (Å²) < 4.78 is 19.1. The van der Waals surface area contributed by atoms with Crippen molar-refractivity contribution in [3.63, 3.8) is 0 Å². The molecule has 1 saturated heterocycles. The molecule has 3 amide bonds. The van der Waals surface area contributed by atoms with Crippen LogP contribution in [0.5, 0.6) is 5.75 Å². The summed E-state index contributed by atoms with van der Waals surface area (Å²) in [6, 6.07) is 18.0. The number of fused-ring (bicyclic) bond motifs is 1. The highest BCUT2D eigenvalue weighted by Crippen LogP contribution is 2.36. The number of carbonyl (C=O) groups excluding carboxylic acids is 3. The molecule has 3 aromatic carbocycles. The zero-order valence-corrected chi connectivity index (χ0v) is 21.8. The van der Waals surface area contributed by atoms with E-state index in [1.165, 1.54) is 28.2 Å². The molecular weight excluding hydrogens is 515 g/mol. The first kappa shape index (κ1) is 25.4. The molecule has 0 bridgehead atoms. The van der Waals surface area contributed by atoms with E-state index >= 15 is 0 Å². The monoisotopic (exact) mass is 540 g/mol. The summed E-state index contributed by atoms with van der Waals surface area (Å²) in [4.78, 5) is 40.9. The molecule has 0 spiro atoms. The number of imide groups is 1. The molecule has 0 aromatic heterocycles. The minimum absolute atomic E-state index is 0.109. The molecule has 0 N–H and O–H groups in total. The summed E-state index contributed by atoms with van der Waals surface area (Å²) in [5.74, 6) is -1.53. The molecule has 3 atom stereocenters. The van der Waals surface area contributed by atoms with Crippen molar-refractivity contribution in [3.8, 4) is 5.75 Å². The number of benzene rings is 3. The van der Waals surface area contributed by atoms with Crippen molar-refractivity contribution in [1.29, 1.82) is 0 Å². The molecule has 0 saturated carbocycles. The highest BCUT2D eigenvalue weighted by Gasteiger charge is 2.55. The fourth-order valence-corrected chi connectivity index (χ4v) is 5.18. The van der Waals surface area contributed by atoms with Gasteiger partial charge in [0.25, 0.3) is 17.7 Å². The van der Waals surface area contributed by atoms with Crippen LogP contribution in [0.2, 0.25) is 0 Å². The highest BCUT2D eigenvalue weighted by molar-refractivity contribution is 6.25. The quantitative estimate of drug-likeness (QED) is 0.442. The second-order valence-corrected chi connectivity index (χ2v) is 9.83. The van der Waals surface area contributed by atoms with E-state index in [1.54, 1.807) is 7.11 Å². The van der Waals surface area contributed by atoms with Crippen molar-refractivity contribution in [2.45, 2.75) is 31.5 Å². The number of aryl methyl sites for hydroxylation is 1. The number of carbonyl (C=O) groups is 3. The van der Waals surface area contributed by atoms with E-state index < -0.39 is 41.7 Å². The number of amides is 3. The average Bonchev–Trinajstić information content (AvgIpc) is 3.64. The number of rotatable bonds is 6. The van der Waals surface area contributed by atoms with E-state index in [1.807, 2.05) is 55.5 Å². The summed E-state index contributed by atoms with van der Waals surface area (Å²) in [6.07, 6.45) is 0.486. The molecule has 3 aliphatic heterocycles. The molecule has 202 valence electrons. The average molecular weight is 541 g/mol. The van der Waals surface area contributed by atoms with Crippen LogP contribution >= 0.6 is 0 Å². The minimum Gasteiger partial charge on any atom is -0.497 e. The number of hydrogen-bond acceptors (Lipinski definition) is 8. The van der Waals surface area contributed by atoms with Gasteiger partial charge in [0, 0.05) is 6.42 Å². The Labute approximate surface area is 229 Å². The van der Waals surface area contributed by atoms with Crippen LogP contribution in [0.25, 0.3) is 0 Å². The maximum absolute atomic E-state index is 13.8. The number of nitrogens with zero attached hydrogens (tertiary/aromatic N) is 6. The first-order chi connectivity index (χ1) is 19.3. The van der Waals surface area contributed by atoms with Crippen LogP contribution in [0.4, 0.5) is 10.1 Å². The van der Waals surface area contributed by atoms with Gasteiger partial charge in [0.05, 0.1) is 24.6 Å². The second-order valence-electron chi connectivity index (χ2n) is 9.83. The summed E-state index contributed by atoms with van der Waals surface area (Å²) in [7, 11) is 1.58. The lowest BCUT2D eigenvalue weighted by atomic mass is 9.98. The van der Waals surface area contributed by atoms with E-state index in [9.17, 15) is 18.8 Å². The van der Waals surface area contributed by atoms with Crippen LogP contribution in [0.3, 0.4) is 0 Å². The van der Waals surface area contributed by atoms with E-state index in [0.29, 0.717) is 12.2 Å². The molecule has 3 aromatic rings. The number of halogens is 1. The lowest BCUT2D eigenvalue weighted by Gasteiger charge is -2.25. The van der Waals surface area contributed by atoms with Crippen LogP contribution in [-0.2, 0) is 14.4 Å². The predicted octanol–water partition coefficient (Wildman–Crippen LogP) is 3.81. The van der Waals surface area contributed by atoms with Gasteiger partial charge in [0.1, 0.15) is 18.1 Å². The van der Waals surface area contributed by atoms with Gasteiger partial charge in [-0.1, -0.05) is 53.3 Å². The Morgan fingerprint density at radius 1 is 1.02 bits per heavy atom. The van der Waals surface area contributed by atoms with Crippen molar-refractivity contribution in [1.82, 2.24) is 10.0 Å². The van der Waals surface area contributed by atoms with Gasteiger partial charge in [-0.3, -0.25) is 19.4 Å².